The number of benzene rings is 2. The molecule has 2 aromatic carbocycles. The Labute approximate surface area is 162 Å². The van der Waals surface area contributed by atoms with E-state index in [0.717, 1.165) is 12.1 Å². The molecular weight excluding hydrogens is 381 g/mol. The molecule has 0 spiro atoms. The van der Waals surface area contributed by atoms with Crippen LogP contribution in [0, 0.1) is 5.82 Å². The van der Waals surface area contributed by atoms with Gasteiger partial charge in [-0.15, -0.1) is 0 Å². The number of sulfonamides is 1. The van der Waals surface area contributed by atoms with Crippen LogP contribution in [-0.4, -0.2) is 25.0 Å². The maximum absolute atomic E-state index is 13.8. The first-order valence-corrected chi connectivity index (χ1v) is 9.95. The van der Waals surface area contributed by atoms with E-state index in [1.807, 2.05) is 6.07 Å². The molecule has 144 valence electrons. The van der Waals surface area contributed by atoms with Gasteiger partial charge in [0.25, 0.3) is 0 Å². The van der Waals surface area contributed by atoms with E-state index in [1.54, 1.807) is 36.4 Å². The van der Waals surface area contributed by atoms with Crippen molar-refractivity contribution in [1.82, 2.24) is 4.72 Å². The molecule has 1 aliphatic carbocycles. The zero-order chi connectivity index (χ0) is 20.2. The highest BCUT2D eigenvalue weighted by Gasteiger charge is 2.32. The van der Waals surface area contributed by atoms with E-state index in [-0.39, 0.29) is 12.2 Å². The van der Waals surface area contributed by atoms with Crippen LogP contribution in [0.15, 0.2) is 95.4 Å². The summed E-state index contributed by atoms with van der Waals surface area (Å²) in [6.45, 7) is 0. The summed E-state index contributed by atoms with van der Waals surface area (Å²) in [6, 6.07) is 13.7. The molecule has 0 heterocycles. The number of rotatable bonds is 6. The maximum Gasteiger partial charge on any atom is 0.246 e. The molecule has 1 atom stereocenters. The topological polar surface area (TPSA) is 83.5 Å². The molecule has 0 aliphatic heterocycles. The molecule has 5 nitrogen and oxygen atoms in total. The molecule has 2 N–H and O–H groups in total. The lowest BCUT2D eigenvalue weighted by Crippen LogP contribution is -2.47. The largest absolute Gasteiger partial charge is 0.371 e. The van der Waals surface area contributed by atoms with Crippen LogP contribution >= 0.6 is 0 Å². The third-order valence-corrected chi connectivity index (χ3v) is 5.66. The van der Waals surface area contributed by atoms with Gasteiger partial charge in [-0.3, -0.25) is 4.79 Å². The fraction of sp³-hybridized carbons (Fsp3) is 0.0952. The van der Waals surface area contributed by atoms with Crippen LogP contribution in [0.25, 0.3) is 0 Å². The van der Waals surface area contributed by atoms with Crippen LogP contribution in [0.2, 0.25) is 0 Å². The van der Waals surface area contributed by atoms with E-state index in [0.29, 0.717) is 11.1 Å². The number of nitrogens with one attached hydrogen (secondary N) is 1. The minimum absolute atomic E-state index is 0.0730. The Balaban J connectivity index is 1.69. The van der Waals surface area contributed by atoms with Crippen molar-refractivity contribution in [3.8, 4) is 0 Å². The molecule has 0 fully saturated rings. The summed E-state index contributed by atoms with van der Waals surface area (Å²) in [5, 5.41) is 10.5. The Kier molecular flexibility index (Phi) is 5.69. The zero-order valence-electron chi connectivity index (χ0n) is 14.7. The second-order valence-corrected chi connectivity index (χ2v) is 7.92. The fourth-order valence-corrected chi connectivity index (χ4v) is 3.97. The summed E-state index contributed by atoms with van der Waals surface area (Å²) < 4.78 is 40.6. The average molecular weight is 399 g/mol. The number of halogens is 1. The van der Waals surface area contributed by atoms with Crippen LogP contribution in [0.4, 0.5) is 4.39 Å². The Hall–Kier alpha value is -2.87. The molecule has 1 aliphatic rings. The van der Waals surface area contributed by atoms with E-state index < -0.39 is 26.5 Å². The number of hydrogen-bond acceptors (Lipinski definition) is 4. The Morgan fingerprint density at radius 2 is 1.79 bits per heavy atom. The first-order chi connectivity index (χ1) is 13.3. The molecule has 0 radical (unpaired) electrons. The van der Waals surface area contributed by atoms with E-state index in [9.17, 15) is 22.7 Å². The van der Waals surface area contributed by atoms with Crippen LogP contribution in [0.5, 0.6) is 0 Å². The van der Waals surface area contributed by atoms with Gasteiger partial charge < -0.3 is 5.11 Å². The predicted molar refractivity (Wildman–Crippen MR) is 103 cm³/mol. The van der Waals surface area contributed by atoms with Gasteiger partial charge in [-0.25, -0.2) is 12.8 Å². The van der Waals surface area contributed by atoms with Crippen molar-refractivity contribution in [3.63, 3.8) is 0 Å². The predicted octanol–water partition coefficient (Wildman–Crippen LogP) is 3.12. The molecule has 28 heavy (non-hydrogen) atoms. The number of aliphatic hydroxyl groups is 1. The summed E-state index contributed by atoms with van der Waals surface area (Å²) in [5.41, 5.74) is -0.700. The number of carbonyl (C=O) groups is 1. The lowest BCUT2D eigenvalue weighted by Gasteiger charge is -2.27. The van der Waals surface area contributed by atoms with E-state index in [2.05, 4.69) is 4.72 Å². The van der Waals surface area contributed by atoms with Crippen LogP contribution in [0.1, 0.15) is 16.8 Å². The van der Waals surface area contributed by atoms with Gasteiger partial charge in [-0.05, 0) is 29.9 Å². The SMILES string of the molecule is O=C(C=CC1=CCC(O)(NS(=O)(=O)c2ccccc2F)C=C1)c1ccccc1. The summed E-state index contributed by atoms with van der Waals surface area (Å²) >= 11 is 0. The van der Waals surface area contributed by atoms with E-state index in [1.165, 1.54) is 30.4 Å². The van der Waals surface area contributed by atoms with Gasteiger partial charge in [0.15, 0.2) is 11.5 Å². The Morgan fingerprint density at radius 1 is 1.11 bits per heavy atom. The molecule has 0 saturated heterocycles. The minimum Gasteiger partial charge on any atom is -0.371 e. The highest BCUT2D eigenvalue weighted by Crippen LogP contribution is 2.23. The van der Waals surface area contributed by atoms with Gasteiger partial charge in [0, 0.05) is 12.0 Å². The van der Waals surface area contributed by atoms with Crippen molar-refractivity contribution < 1.29 is 22.7 Å². The molecule has 2 aromatic rings. The van der Waals surface area contributed by atoms with Gasteiger partial charge in [-0.2, -0.15) is 4.72 Å². The molecule has 7 heteroatoms. The monoisotopic (exact) mass is 399 g/mol. The molecule has 0 amide bonds. The van der Waals surface area contributed by atoms with Crippen molar-refractivity contribution in [2.45, 2.75) is 17.0 Å². The van der Waals surface area contributed by atoms with Crippen molar-refractivity contribution >= 4 is 15.8 Å². The molecule has 0 aromatic heterocycles. The summed E-state index contributed by atoms with van der Waals surface area (Å²) in [6.07, 6.45) is 7.24. The summed E-state index contributed by atoms with van der Waals surface area (Å²) in [5.74, 6) is -1.08. The molecule has 3 rings (SSSR count). The highest BCUT2D eigenvalue weighted by atomic mass is 32.2. The number of carbonyl (C=O) groups excluding carboxylic acids is 1. The third-order valence-electron chi connectivity index (χ3n) is 4.12. The second kappa shape index (κ2) is 8.02. The Morgan fingerprint density at radius 3 is 2.43 bits per heavy atom. The molecule has 0 saturated carbocycles. The van der Waals surface area contributed by atoms with Gasteiger partial charge in [-0.1, -0.05) is 60.7 Å². The first-order valence-electron chi connectivity index (χ1n) is 8.47. The fourth-order valence-electron chi connectivity index (χ4n) is 2.66. The minimum atomic E-state index is -4.26. The number of ketones is 1. The van der Waals surface area contributed by atoms with E-state index in [4.69, 9.17) is 0 Å². The van der Waals surface area contributed by atoms with Crippen molar-refractivity contribution in [1.29, 1.82) is 0 Å². The van der Waals surface area contributed by atoms with Crippen LogP contribution in [-0.2, 0) is 10.0 Å². The average Bonchev–Trinajstić information content (AvgIpc) is 2.67. The maximum atomic E-state index is 13.8. The van der Waals surface area contributed by atoms with Crippen molar-refractivity contribution in [2.75, 3.05) is 0 Å². The van der Waals surface area contributed by atoms with Crippen molar-refractivity contribution in [3.05, 3.63) is 102 Å². The normalized spacial score (nSPS) is 19.6. The second-order valence-electron chi connectivity index (χ2n) is 6.27. The lowest BCUT2D eigenvalue weighted by atomic mass is 9.99. The van der Waals surface area contributed by atoms with Crippen LogP contribution < -0.4 is 4.72 Å². The van der Waals surface area contributed by atoms with Gasteiger partial charge >= 0.3 is 0 Å². The van der Waals surface area contributed by atoms with Gasteiger partial charge in [0.2, 0.25) is 10.0 Å². The Bertz CT molecular complexity index is 1070. The molecule has 0 bridgehead atoms. The zero-order valence-corrected chi connectivity index (χ0v) is 15.6. The number of hydrogen-bond donors (Lipinski definition) is 2. The summed E-state index contributed by atoms with van der Waals surface area (Å²) in [4.78, 5) is 11.5. The van der Waals surface area contributed by atoms with Gasteiger partial charge in [0.05, 0.1) is 0 Å². The number of allylic oxidation sites excluding steroid dienone is 4. The van der Waals surface area contributed by atoms with Gasteiger partial charge in [0.1, 0.15) is 10.7 Å². The molecule has 1 unspecified atom stereocenters. The van der Waals surface area contributed by atoms with E-state index >= 15 is 0 Å². The first kappa shape index (κ1) is 19.9. The van der Waals surface area contributed by atoms with Crippen molar-refractivity contribution in [2.24, 2.45) is 0 Å². The molecular formula is C21H18FNO4S. The lowest BCUT2D eigenvalue weighted by molar-refractivity contribution is 0.0811. The highest BCUT2D eigenvalue weighted by molar-refractivity contribution is 7.89. The smallest absolute Gasteiger partial charge is 0.246 e. The quantitative estimate of drug-likeness (QED) is 0.444. The third kappa shape index (κ3) is 4.69. The summed E-state index contributed by atoms with van der Waals surface area (Å²) in [7, 11) is -4.26. The van der Waals surface area contributed by atoms with Crippen LogP contribution in [0.3, 0.4) is 0 Å². The standard InChI is InChI=1S/C21H18FNO4S/c22-18-8-4-5-9-20(18)28(26,27)23-21(25)14-12-16(13-15-21)10-11-19(24)17-6-2-1-3-7-17/h1-14,23,25H,15H2.